The van der Waals surface area contributed by atoms with Gasteiger partial charge in [-0.05, 0) is 24.1 Å². The molecule has 2 N–H and O–H groups in total. The minimum atomic E-state index is 0.295. The molecule has 3 unspecified atom stereocenters. The molecule has 7 heteroatoms. The summed E-state index contributed by atoms with van der Waals surface area (Å²) in [7, 11) is 0. The number of hydrazine groups is 1. The van der Waals surface area contributed by atoms with Gasteiger partial charge < -0.3 is 9.47 Å². The van der Waals surface area contributed by atoms with Crippen molar-refractivity contribution in [3.8, 4) is 11.5 Å². The Bertz CT molecular complexity index is 723. The number of rotatable bonds is 3. The van der Waals surface area contributed by atoms with E-state index < -0.39 is 0 Å². The van der Waals surface area contributed by atoms with Crippen LogP contribution in [0.5, 0.6) is 11.5 Å². The smallest absolute Gasteiger partial charge is 0.231 e. The van der Waals surface area contributed by atoms with Crippen LogP contribution in [0.15, 0.2) is 29.8 Å². The maximum absolute atomic E-state index is 5.54. The van der Waals surface area contributed by atoms with Gasteiger partial charge in [0.1, 0.15) is 5.01 Å². The van der Waals surface area contributed by atoms with Gasteiger partial charge in [-0.1, -0.05) is 6.07 Å². The van der Waals surface area contributed by atoms with Crippen LogP contribution in [-0.4, -0.2) is 35.8 Å². The lowest BCUT2D eigenvalue weighted by Crippen LogP contribution is -2.45. The molecule has 4 heterocycles. The van der Waals surface area contributed by atoms with Crippen molar-refractivity contribution < 1.29 is 9.47 Å². The van der Waals surface area contributed by atoms with Gasteiger partial charge in [0.2, 0.25) is 6.79 Å². The number of benzene rings is 1. The van der Waals surface area contributed by atoms with Crippen LogP contribution in [-0.2, 0) is 6.54 Å². The zero-order valence-corrected chi connectivity index (χ0v) is 14.1. The first-order valence-corrected chi connectivity index (χ1v) is 9.26. The Morgan fingerprint density at radius 2 is 2.21 bits per heavy atom. The third-order valence-electron chi connectivity index (χ3n) is 5.19. The van der Waals surface area contributed by atoms with Gasteiger partial charge in [0.05, 0.1) is 12.6 Å². The maximum atomic E-state index is 5.54. The second-order valence-electron chi connectivity index (χ2n) is 6.60. The number of hydrogen-bond acceptors (Lipinski definition) is 7. The topological polar surface area (TPSA) is 58.7 Å². The molecule has 1 aromatic heterocycles. The van der Waals surface area contributed by atoms with E-state index >= 15 is 0 Å². The molecule has 0 saturated carbocycles. The summed E-state index contributed by atoms with van der Waals surface area (Å²) in [5, 5.41) is 3.25. The summed E-state index contributed by atoms with van der Waals surface area (Å²) in [4.78, 5) is 6.95. The van der Waals surface area contributed by atoms with E-state index in [-0.39, 0.29) is 0 Å². The van der Waals surface area contributed by atoms with E-state index in [1.807, 2.05) is 12.3 Å². The second kappa shape index (κ2) is 6.00. The fourth-order valence-corrected chi connectivity index (χ4v) is 4.63. The molecule has 0 bridgehead atoms. The van der Waals surface area contributed by atoms with E-state index in [2.05, 4.69) is 38.2 Å². The molecule has 5 rings (SSSR count). The highest BCUT2D eigenvalue weighted by Gasteiger charge is 2.40. The highest BCUT2D eigenvalue weighted by atomic mass is 32.1. The van der Waals surface area contributed by atoms with Crippen molar-refractivity contribution in [1.82, 2.24) is 20.7 Å². The molecule has 6 nitrogen and oxygen atoms in total. The number of nitrogens with one attached hydrogen (secondary N) is 2. The monoisotopic (exact) mass is 344 g/mol. The van der Waals surface area contributed by atoms with E-state index in [1.165, 1.54) is 10.6 Å². The van der Waals surface area contributed by atoms with E-state index in [1.54, 1.807) is 11.3 Å². The fraction of sp³-hybridized carbons (Fsp3) is 0.471. The lowest BCUT2D eigenvalue weighted by Gasteiger charge is -2.35. The predicted molar refractivity (Wildman–Crippen MR) is 90.9 cm³/mol. The van der Waals surface area contributed by atoms with Gasteiger partial charge in [-0.15, -0.1) is 11.3 Å². The van der Waals surface area contributed by atoms with Gasteiger partial charge in [0.25, 0.3) is 0 Å². The summed E-state index contributed by atoms with van der Waals surface area (Å²) in [5.41, 5.74) is 8.25. The molecule has 24 heavy (non-hydrogen) atoms. The molecule has 126 valence electrons. The fourth-order valence-electron chi connectivity index (χ4n) is 3.98. The Kier molecular flexibility index (Phi) is 3.66. The van der Waals surface area contributed by atoms with Crippen LogP contribution in [0.4, 0.5) is 0 Å². The van der Waals surface area contributed by atoms with E-state index in [9.17, 15) is 0 Å². The average molecular weight is 344 g/mol. The van der Waals surface area contributed by atoms with Crippen molar-refractivity contribution in [2.45, 2.75) is 25.0 Å². The average Bonchev–Trinajstić information content (AvgIpc) is 3.34. The summed E-state index contributed by atoms with van der Waals surface area (Å²) in [6.07, 6.45) is 3.05. The Morgan fingerprint density at radius 3 is 3.12 bits per heavy atom. The summed E-state index contributed by atoms with van der Waals surface area (Å²) in [6, 6.07) is 7.10. The number of piperidine rings is 1. The maximum Gasteiger partial charge on any atom is 0.231 e. The van der Waals surface area contributed by atoms with E-state index in [0.29, 0.717) is 24.8 Å². The minimum Gasteiger partial charge on any atom is -0.454 e. The van der Waals surface area contributed by atoms with Crippen LogP contribution in [0.3, 0.4) is 0 Å². The Labute approximate surface area is 144 Å². The number of nitrogens with zero attached hydrogens (tertiary/aromatic N) is 2. The SMILES string of the molecule is c1csc(CN2CCC3NNC(c4ccc5c(c4)OCO5)C3C2)n1. The van der Waals surface area contributed by atoms with Crippen molar-refractivity contribution in [1.29, 1.82) is 0 Å². The Balaban J connectivity index is 1.34. The van der Waals surface area contributed by atoms with Crippen LogP contribution in [0.25, 0.3) is 0 Å². The van der Waals surface area contributed by atoms with Gasteiger partial charge in [-0.2, -0.15) is 0 Å². The minimum absolute atomic E-state index is 0.295. The van der Waals surface area contributed by atoms with Crippen LogP contribution < -0.4 is 20.3 Å². The lowest BCUT2D eigenvalue weighted by atomic mass is 9.85. The van der Waals surface area contributed by atoms with Crippen LogP contribution in [0.1, 0.15) is 23.0 Å². The van der Waals surface area contributed by atoms with Crippen molar-refractivity contribution in [3.63, 3.8) is 0 Å². The molecule has 2 aromatic rings. The zero-order valence-electron chi connectivity index (χ0n) is 13.3. The summed E-state index contributed by atoms with van der Waals surface area (Å²) in [6.45, 7) is 3.46. The van der Waals surface area contributed by atoms with Crippen molar-refractivity contribution in [2.75, 3.05) is 19.9 Å². The molecular weight excluding hydrogens is 324 g/mol. The third-order valence-corrected chi connectivity index (χ3v) is 5.96. The highest BCUT2D eigenvalue weighted by Crippen LogP contribution is 2.39. The molecule has 0 spiro atoms. The molecule has 3 aliphatic rings. The number of ether oxygens (including phenoxy) is 2. The van der Waals surface area contributed by atoms with Gasteiger partial charge in [0.15, 0.2) is 11.5 Å². The predicted octanol–water partition coefficient (Wildman–Crippen LogP) is 1.91. The van der Waals surface area contributed by atoms with Crippen molar-refractivity contribution in [2.24, 2.45) is 5.92 Å². The largest absolute Gasteiger partial charge is 0.454 e. The van der Waals surface area contributed by atoms with Gasteiger partial charge >= 0.3 is 0 Å². The summed E-state index contributed by atoms with van der Waals surface area (Å²) >= 11 is 1.74. The number of likely N-dealkylation sites (tertiary alicyclic amines) is 1. The quantitative estimate of drug-likeness (QED) is 0.887. The first-order valence-electron chi connectivity index (χ1n) is 8.38. The standard InChI is InChI=1S/C17H20N4O2S/c1-2-14-15(23-10-22-14)7-11(1)17-12-8-21(5-3-13(12)19-20-17)9-16-18-4-6-24-16/h1-2,4,6-7,12-13,17,19-20H,3,5,8-10H2. The molecule has 0 aliphatic carbocycles. The number of hydrogen-bond donors (Lipinski definition) is 2. The van der Waals surface area contributed by atoms with Crippen molar-refractivity contribution >= 4 is 11.3 Å². The van der Waals surface area contributed by atoms with Gasteiger partial charge in [-0.3, -0.25) is 10.3 Å². The molecule has 2 fully saturated rings. The molecule has 3 aliphatic heterocycles. The highest BCUT2D eigenvalue weighted by molar-refractivity contribution is 7.09. The van der Waals surface area contributed by atoms with Gasteiger partial charge in [-0.25, -0.2) is 10.4 Å². The molecular formula is C17H20N4O2S. The number of thiazole rings is 1. The van der Waals surface area contributed by atoms with Crippen LogP contribution in [0.2, 0.25) is 0 Å². The zero-order chi connectivity index (χ0) is 15.9. The van der Waals surface area contributed by atoms with E-state index in [4.69, 9.17) is 9.47 Å². The molecule has 1 aromatic carbocycles. The second-order valence-corrected chi connectivity index (χ2v) is 7.58. The number of aromatic nitrogens is 1. The van der Waals surface area contributed by atoms with Crippen LogP contribution >= 0.6 is 11.3 Å². The van der Waals surface area contributed by atoms with E-state index in [0.717, 1.165) is 37.6 Å². The van der Waals surface area contributed by atoms with Crippen LogP contribution in [0, 0.1) is 5.92 Å². The molecule has 2 saturated heterocycles. The normalized spacial score (nSPS) is 28.9. The summed E-state index contributed by atoms with van der Waals surface area (Å²) in [5.74, 6) is 2.24. The molecule has 3 atom stereocenters. The summed E-state index contributed by atoms with van der Waals surface area (Å²) < 4.78 is 11.0. The van der Waals surface area contributed by atoms with Crippen molar-refractivity contribution in [3.05, 3.63) is 40.3 Å². The Hall–Kier alpha value is -1.67. The molecule has 0 radical (unpaired) electrons. The lowest BCUT2D eigenvalue weighted by molar-refractivity contribution is 0.148. The Morgan fingerprint density at radius 1 is 1.25 bits per heavy atom. The third kappa shape index (κ3) is 2.57. The first kappa shape index (κ1) is 14.7. The van der Waals surface area contributed by atoms with Gasteiger partial charge in [0, 0.05) is 36.6 Å². The first-order chi connectivity index (χ1) is 11.9. The number of fused-ring (bicyclic) bond motifs is 2. The molecule has 0 amide bonds.